The molecular formula is C21H20N4O2. The average Bonchev–Trinajstić information content (AvgIpc) is 3.04. The van der Waals surface area contributed by atoms with Crippen LogP contribution in [0.25, 0.3) is 21.8 Å². The first-order chi connectivity index (χ1) is 13.1. The van der Waals surface area contributed by atoms with E-state index in [2.05, 4.69) is 10.4 Å². The predicted octanol–water partition coefficient (Wildman–Crippen LogP) is 2.77. The summed E-state index contributed by atoms with van der Waals surface area (Å²) in [6.07, 6.45) is 1.68. The molecule has 0 saturated heterocycles. The Labute approximate surface area is 156 Å². The highest BCUT2D eigenvalue weighted by molar-refractivity contribution is 6.08. The Balaban J connectivity index is 1.78. The molecule has 0 aliphatic rings. The molecule has 27 heavy (non-hydrogen) atoms. The van der Waals surface area contributed by atoms with Gasteiger partial charge in [-0.1, -0.05) is 48.5 Å². The lowest BCUT2D eigenvalue weighted by Crippen LogP contribution is -2.32. The van der Waals surface area contributed by atoms with Crippen LogP contribution in [0.3, 0.4) is 0 Å². The topological polar surface area (TPSA) is 68.9 Å². The number of benzene rings is 2. The van der Waals surface area contributed by atoms with Gasteiger partial charge in [-0.3, -0.25) is 9.59 Å². The zero-order valence-electron chi connectivity index (χ0n) is 15.2. The van der Waals surface area contributed by atoms with Gasteiger partial charge in [0.15, 0.2) is 0 Å². The number of nitrogens with one attached hydrogen (secondary N) is 1. The number of carbonyl (C=O) groups is 1. The number of para-hydroxylation sites is 1. The molecule has 0 saturated carbocycles. The molecule has 2 aromatic heterocycles. The van der Waals surface area contributed by atoms with Crippen LogP contribution >= 0.6 is 0 Å². The molecule has 6 heteroatoms. The van der Waals surface area contributed by atoms with Crippen LogP contribution in [0.5, 0.6) is 0 Å². The van der Waals surface area contributed by atoms with E-state index in [1.807, 2.05) is 66.1 Å². The predicted molar refractivity (Wildman–Crippen MR) is 105 cm³/mol. The van der Waals surface area contributed by atoms with E-state index in [-0.39, 0.29) is 11.5 Å². The fourth-order valence-corrected chi connectivity index (χ4v) is 3.44. The van der Waals surface area contributed by atoms with Gasteiger partial charge in [0.25, 0.3) is 5.56 Å². The van der Waals surface area contributed by atoms with Crippen molar-refractivity contribution in [1.29, 1.82) is 0 Å². The largest absolute Gasteiger partial charge is 0.350 e. The SMILES string of the molecule is CC(C(=O)NCc1ccccc1)n1c2ccccc2c2cnn(C)c(=O)c21. The van der Waals surface area contributed by atoms with Crippen LogP contribution in [-0.2, 0) is 18.4 Å². The van der Waals surface area contributed by atoms with Crippen molar-refractivity contribution in [2.24, 2.45) is 7.05 Å². The summed E-state index contributed by atoms with van der Waals surface area (Å²) in [7, 11) is 1.62. The third-order valence-corrected chi connectivity index (χ3v) is 4.88. The first-order valence-electron chi connectivity index (χ1n) is 8.84. The van der Waals surface area contributed by atoms with Gasteiger partial charge >= 0.3 is 0 Å². The highest BCUT2D eigenvalue weighted by Crippen LogP contribution is 2.29. The van der Waals surface area contributed by atoms with Crippen LogP contribution in [0.4, 0.5) is 0 Å². The van der Waals surface area contributed by atoms with E-state index >= 15 is 0 Å². The van der Waals surface area contributed by atoms with Crippen LogP contribution in [0.2, 0.25) is 0 Å². The lowest BCUT2D eigenvalue weighted by Gasteiger charge is -2.16. The van der Waals surface area contributed by atoms with Crippen LogP contribution in [0.15, 0.2) is 65.6 Å². The minimum atomic E-state index is -0.536. The fourth-order valence-electron chi connectivity index (χ4n) is 3.44. The minimum absolute atomic E-state index is 0.139. The Morgan fingerprint density at radius 2 is 1.78 bits per heavy atom. The second-order valence-corrected chi connectivity index (χ2v) is 6.60. The fraction of sp³-hybridized carbons (Fsp3) is 0.190. The molecule has 4 aromatic rings. The van der Waals surface area contributed by atoms with Crippen molar-refractivity contribution in [3.8, 4) is 0 Å². The van der Waals surface area contributed by atoms with Crippen molar-refractivity contribution in [1.82, 2.24) is 19.7 Å². The summed E-state index contributed by atoms with van der Waals surface area (Å²) in [6.45, 7) is 2.26. The number of amides is 1. The summed E-state index contributed by atoms with van der Waals surface area (Å²) in [5.74, 6) is -0.139. The number of nitrogens with zero attached hydrogens (tertiary/aromatic N) is 3. The molecule has 2 heterocycles. The summed E-state index contributed by atoms with van der Waals surface area (Å²) in [5, 5.41) is 8.78. The Morgan fingerprint density at radius 1 is 1.07 bits per heavy atom. The molecule has 136 valence electrons. The second kappa shape index (κ2) is 6.72. The third-order valence-electron chi connectivity index (χ3n) is 4.88. The van der Waals surface area contributed by atoms with Gasteiger partial charge in [0.05, 0.1) is 11.7 Å². The molecule has 4 rings (SSSR count). The van der Waals surface area contributed by atoms with Crippen LogP contribution in [-0.4, -0.2) is 20.3 Å². The van der Waals surface area contributed by atoms with Crippen molar-refractivity contribution in [2.75, 3.05) is 0 Å². The van der Waals surface area contributed by atoms with Crippen LogP contribution < -0.4 is 10.9 Å². The lowest BCUT2D eigenvalue weighted by molar-refractivity contribution is -0.123. The molecule has 1 atom stereocenters. The van der Waals surface area contributed by atoms with Gasteiger partial charge in [0, 0.05) is 24.4 Å². The first-order valence-corrected chi connectivity index (χ1v) is 8.84. The maximum atomic E-state index is 12.8. The molecule has 0 bridgehead atoms. The number of fused-ring (bicyclic) bond motifs is 3. The van der Waals surface area contributed by atoms with Gasteiger partial charge in [-0.2, -0.15) is 5.10 Å². The van der Waals surface area contributed by atoms with Crippen molar-refractivity contribution >= 4 is 27.7 Å². The maximum absolute atomic E-state index is 12.8. The zero-order chi connectivity index (χ0) is 19.0. The van der Waals surface area contributed by atoms with E-state index < -0.39 is 6.04 Å². The smallest absolute Gasteiger partial charge is 0.291 e. The highest BCUT2D eigenvalue weighted by atomic mass is 16.2. The van der Waals surface area contributed by atoms with Gasteiger partial charge in [-0.25, -0.2) is 4.68 Å². The quantitative estimate of drug-likeness (QED) is 0.608. The van der Waals surface area contributed by atoms with Crippen molar-refractivity contribution in [2.45, 2.75) is 19.5 Å². The monoisotopic (exact) mass is 360 g/mol. The number of aryl methyl sites for hydroxylation is 1. The van der Waals surface area contributed by atoms with Gasteiger partial charge in [0.2, 0.25) is 5.91 Å². The Bertz CT molecular complexity index is 1190. The Morgan fingerprint density at radius 3 is 2.56 bits per heavy atom. The Kier molecular flexibility index (Phi) is 4.24. The molecule has 0 aliphatic heterocycles. The van der Waals surface area contributed by atoms with Crippen molar-refractivity contribution in [3.05, 3.63) is 76.7 Å². The van der Waals surface area contributed by atoms with Gasteiger partial charge in [-0.05, 0) is 18.6 Å². The van der Waals surface area contributed by atoms with Crippen LogP contribution in [0.1, 0.15) is 18.5 Å². The maximum Gasteiger partial charge on any atom is 0.291 e. The van der Waals surface area contributed by atoms with Crippen molar-refractivity contribution < 1.29 is 4.79 Å². The summed E-state index contributed by atoms with van der Waals surface area (Å²) in [4.78, 5) is 25.6. The lowest BCUT2D eigenvalue weighted by atomic mass is 10.2. The Hall–Kier alpha value is -3.41. The number of aromatic nitrogens is 3. The molecule has 2 aromatic carbocycles. The van der Waals surface area contributed by atoms with E-state index in [9.17, 15) is 9.59 Å². The van der Waals surface area contributed by atoms with E-state index in [1.165, 1.54) is 4.68 Å². The van der Waals surface area contributed by atoms with Crippen LogP contribution in [0, 0.1) is 0 Å². The molecular weight excluding hydrogens is 340 g/mol. The summed E-state index contributed by atoms with van der Waals surface area (Å²) >= 11 is 0. The number of hydrogen-bond donors (Lipinski definition) is 1. The minimum Gasteiger partial charge on any atom is -0.350 e. The standard InChI is InChI=1S/C21H20N4O2/c1-14(20(26)22-12-15-8-4-3-5-9-15)25-18-11-7-6-10-16(18)17-13-23-24(2)21(27)19(17)25/h3-11,13-14H,12H2,1-2H3,(H,22,26). The summed E-state index contributed by atoms with van der Waals surface area (Å²) in [5.41, 5.74) is 2.16. The molecule has 1 unspecified atom stereocenters. The number of carbonyl (C=O) groups excluding carboxylic acids is 1. The van der Waals surface area contributed by atoms with Crippen molar-refractivity contribution in [3.63, 3.8) is 0 Å². The molecule has 0 fully saturated rings. The second-order valence-electron chi connectivity index (χ2n) is 6.60. The van der Waals surface area contributed by atoms with E-state index in [1.54, 1.807) is 13.2 Å². The number of rotatable bonds is 4. The molecule has 0 aliphatic carbocycles. The van der Waals surface area contributed by atoms with E-state index in [0.29, 0.717) is 12.1 Å². The molecule has 1 N–H and O–H groups in total. The summed E-state index contributed by atoms with van der Waals surface area (Å²) in [6, 6.07) is 16.9. The van der Waals surface area contributed by atoms with E-state index in [4.69, 9.17) is 0 Å². The summed E-state index contributed by atoms with van der Waals surface area (Å²) < 4.78 is 3.11. The zero-order valence-corrected chi connectivity index (χ0v) is 15.2. The van der Waals surface area contributed by atoms with E-state index in [0.717, 1.165) is 21.9 Å². The third kappa shape index (κ3) is 2.89. The normalized spacial score (nSPS) is 12.4. The molecule has 1 amide bonds. The average molecular weight is 360 g/mol. The number of hydrogen-bond acceptors (Lipinski definition) is 3. The highest BCUT2D eigenvalue weighted by Gasteiger charge is 2.22. The first kappa shape index (κ1) is 17.0. The molecule has 0 spiro atoms. The van der Waals surface area contributed by atoms with Gasteiger partial charge in [-0.15, -0.1) is 0 Å². The van der Waals surface area contributed by atoms with Gasteiger partial charge in [0.1, 0.15) is 11.6 Å². The van der Waals surface area contributed by atoms with Gasteiger partial charge < -0.3 is 9.88 Å². The molecule has 0 radical (unpaired) electrons. The molecule has 6 nitrogen and oxygen atoms in total.